The maximum atomic E-state index is 4.76. The first-order valence-corrected chi connectivity index (χ1v) is 6.35. The molecule has 2 heteroatoms. The molecule has 2 nitrogen and oxygen atoms in total. The van der Waals surface area contributed by atoms with E-state index >= 15 is 0 Å². The molecular weight excluding hydrogens is 232 g/mol. The van der Waals surface area contributed by atoms with Crippen LogP contribution in [0.2, 0.25) is 0 Å². The summed E-state index contributed by atoms with van der Waals surface area (Å²) in [4.78, 5) is 0. The first-order valence-electron chi connectivity index (χ1n) is 6.35. The van der Waals surface area contributed by atoms with Gasteiger partial charge in [0.1, 0.15) is 0 Å². The molecule has 4 rings (SSSR count). The molecule has 0 saturated carbocycles. The topological polar surface area (TPSA) is 17.8 Å². The fourth-order valence-electron chi connectivity index (χ4n) is 2.54. The Morgan fingerprint density at radius 1 is 0.684 bits per heavy atom. The van der Waals surface area contributed by atoms with Crippen LogP contribution in [0.3, 0.4) is 0 Å². The molecule has 2 aromatic carbocycles. The van der Waals surface area contributed by atoms with E-state index in [4.69, 9.17) is 5.10 Å². The van der Waals surface area contributed by atoms with Gasteiger partial charge in [0.25, 0.3) is 0 Å². The van der Waals surface area contributed by atoms with Crippen LogP contribution in [0.1, 0.15) is 0 Å². The van der Waals surface area contributed by atoms with E-state index in [9.17, 15) is 0 Å². The summed E-state index contributed by atoms with van der Waals surface area (Å²) in [6.07, 6.45) is 0. The van der Waals surface area contributed by atoms with Crippen LogP contribution in [0, 0.1) is 0 Å². The number of hydrogen-bond donors (Lipinski definition) is 0. The highest BCUT2D eigenvalue weighted by molar-refractivity contribution is 5.94. The molecule has 90 valence electrons. The van der Waals surface area contributed by atoms with E-state index in [0.717, 1.165) is 16.9 Å². The highest BCUT2D eigenvalue weighted by Gasteiger charge is 2.13. The third-order valence-corrected chi connectivity index (χ3v) is 3.42. The lowest BCUT2D eigenvalue weighted by atomic mass is 10.1. The number of fused-ring (bicyclic) bond motifs is 3. The third-order valence-electron chi connectivity index (χ3n) is 3.42. The summed E-state index contributed by atoms with van der Waals surface area (Å²) in [5, 5.41) is 5.97. The highest BCUT2D eigenvalue weighted by Crippen LogP contribution is 2.31. The monoisotopic (exact) mass is 244 g/mol. The van der Waals surface area contributed by atoms with Crippen LogP contribution in [0.15, 0.2) is 72.8 Å². The number of rotatable bonds is 1. The van der Waals surface area contributed by atoms with Crippen LogP contribution < -0.4 is 0 Å². The van der Waals surface area contributed by atoms with Gasteiger partial charge in [-0.25, -0.2) is 4.68 Å². The molecular formula is C17H12N2. The quantitative estimate of drug-likeness (QED) is 0.492. The zero-order chi connectivity index (χ0) is 12.7. The Balaban J connectivity index is 2.12. The lowest BCUT2D eigenvalue weighted by Gasteiger charge is -2.14. The minimum Gasteiger partial charge on any atom is -0.233 e. The van der Waals surface area contributed by atoms with Crippen LogP contribution in [0.25, 0.3) is 27.8 Å². The summed E-state index contributed by atoms with van der Waals surface area (Å²) in [7, 11) is 0. The van der Waals surface area contributed by atoms with E-state index in [2.05, 4.69) is 48.5 Å². The van der Waals surface area contributed by atoms with Crippen LogP contribution in [0.4, 0.5) is 0 Å². The van der Waals surface area contributed by atoms with Crippen molar-refractivity contribution < 1.29 is 0 Å². The normalized spacial score (nSPS) is 11.2. The van der Waals surface area contributed by atoms with Gasteiger partial charge in [0.15, 0.2) is 0 Å². The highest BCUT2D eigenvalue weighted by atomic mass is 15.3. The Morgan fingerprint density at radius 3 is 2.37 bits per heavy atom. The molecule has 0 unspecified atom stereocenters. The predicted octanol–water partition coefficient (Wildman–Crippen LogP) is 4.13. The van der Waals surface area contributed by atoms with Gasteiger partial charge in [-0.1, -0.05) is 48.5 Å². The average Bonchev–Trinajstić information content (AvgIpc) is 2.97. The Bertz CT molecular complexity index is 815. The van der Waals surface area contributed by atoms with E-state index in [1.165, 1.54) is 10.9 Å². The summed E-state index contributed by atoms with van der Waals surface area (Å²) in [6.45, 7) is 0. The molecule has 19 heavy (non-hydrogen) atoms. The molecule has 1 aliphatic heterocycles. The van der Waals surface area contributed by atoms with Crippen LogP contribution in [0.5, 0.6) is 0 Å². The largest absolute Gasteiger partial charge is 0.233 e. The summed E-state index contributed by atoms with van der Waals surface area (Å²) >= 11 is 0. The Labute approximate surface area is 111 Å². The van der Waals surface area contributed by atoms with Gasteiger partial charge in [-0.05, 0) is 24.3 Å². The first kappa shape index (κ1) is 10.3. The molecule has 0 spiro atoms. The SMILES string of the molecule is c1ccc(-n2nc3ccccc3c3cccc2-3)cc1. The van der Waals surface area contributed by atoms with Crippen molar-refractivity contribution in [1.29, 1.82) is 0 Å². The van der Waals surface area contributed by atoms with Gasteiger partial charge < -0.3 is 0 Å². The fourth-order valence-corrected chi connectivity index (χ4v) is 2.54. The minimum absolute atomic E-state index is 1.02. The van der Waals surface area contributed by atoms with Crippen molar-refractivity contribution in [2.24, 2.45) is 0 Å². The number of para-hydroxylation sites is 1. The van der Waals surface area contributed by atoms with Gasteiger partial charge in [0.05, 0.1) is 16.9 Å². The summed E-state index contributed by atoms with van der Waals surface area (Å²) in [5.74, 6) is 0. The smallest absolute Gasteiger partial charge is 0.0919 e. The molecule has 0 radical (unpaired) electrons. The Hall–Kier alpha value is -2.61. The van der Waals surface area contributed by atoms with Gasteiger partial charge >= 0.3 is 0 Å². The number of hydrogen-bond acceptors (Lipinski definition) is 1. The Morgan fingerprint density at radius 2 is 1.47 bits per heavy atom. The van der Waals surface area contributed by atoms with Crippen LogP contribution in [-0.4, -0.2) is 9.78 Å². The zero-order valence-electron chi connectivity index (χ0n) is 10.3. The second kappa shape index (κ2) is 3.95. The lowest BCUT2D eigenvalue weighted by molar-refractivity contribution is 0.880. The first-order chi connectivity index (χ1) is 9.43. The second-order valence-corrected chi connectivity index (χ2v) is 4.59. The molecule has 0 fully saturated rings. The fraction of sp³-hybridized carbons (Fsp3) is 0. The minimum atomic E-state index is 1.02. The molecule has 1 aliphatic carbocycles. The zero-order valence-corrected chi connectivity index (χ0v) is 10.3. The number of benzene rings is 2. The van der Waals surface area contributed by atoms with Crippen molar-refractivity contribution >= 4 is 10.9 Å². The van der Waals surface area contributed by atoms with E-state index in [1.807, 2.05) is 28.9 Å². The second-order valence-electron chi connectivity index (χ2n) is 4.59. The molecule has 2 aliphatic rings. The molecule has 0 bridgehead atoms. The standard InChI is InChI=1S/C17H12N2/c1-2-7-13(8-3-1)19-17-12-6-10-15(17)14-9-4-5-11-16(14)18-19/h1-12H. The van der Waals surface area contributed by atoms with E-state index < -0.39 is 0 Å². The van der Waals surface area contributed by atoms with E-state index in [0.29, 0.717) is 0 Å². The maximum Gasteiger partial charge on any atom is 0.0919 e. The molecule has 2 aromatic rings. The van der Waals surface area contributed by atoms with Crippen molar-refractivity contribution in [3.8, 4) is 16.9 Å². The lowest BCUT2D eigenvalue weighted by Crippen LogP contribution is -2.04. The van der Waals surface area contributed by atoms with Gasteiger partial charge in [0, 0.05) is 10.9 Å². The molecule has 0 aromatic heterocycles. The number of nitrogens with zero attached hydrogens (tertiary/aromatic N) is 2. The molecule has 0 amide bonds. The maximum absolute atomic E-state index is 4.76. The van der Waals surface area contributed by atoms with Crippen molar-refractivity contribution in [2.45, 2.75) is 0 Å². The van der Waals surface area contributed by atoms with E-state index in [-0.39, 0.29) is 0 Å². The summed E-state index contributed by atoms with van der Waals surface area (Å²) in [5.41, 5.74) is 4.49. The number of aromatic nitrogens is 2. The molecule has 1 heterocycles. The van der Waals surface area contributed by atoms with Gasteiger partial charge in [-0.3, -0.25) is 0 Å². The summed E-state index contributed by atoms with van der Waals surface area (Å²) in [6, 6.07) is 24.9. The molecule has 0 saturated heterocycles. The van der Waals surface area contributed by atoms with Crippen LogP contribution >= 0.6 is 0 Å². The van der Waals surface area contributed by atoms with Crippen molar-refractivity contribution in [2.75, 3.05) is 0 Å². The average molecular weight is 244 g/mol. The van der Waals surface area contributed by atoms with Gasteiger partial charge in [-0.2, -0.15) is 5.10 Å². The van der Waals surface area contributed by atoms with Crippen molar-refractivity contribution in [1.82, 2.24) is 9.78 Å². The van der Waals surface area contributed by atoms with Crippen LogP contribution in [-0.2, 0) is 0 Å². The van der Waals surface area contributed by atoms with E-state index in [1.54, 1.807) is 0 Å². The summed E-state index contributed by atoms with van der Waals surface area (Å²) < 4.78 is 2.01. The van der Waals surface area contributed by atoms with Crippen molar-refractivity contribution in [3.63, 3.8) is 0 Å². The van der Waals surface area contributed by atoms with Crippen molar-refractivity contribution in [3.05, 3.63) is 72.8 Å². The predicted molar refractivity (Wildman–Crippen MR) is 77.7 cm³/mol. The van der Waals surface area contributed by atoms with Gasteiger partial charge in [-0.15, -0.1) is 0 Å². The van der Waals surface area contributed by atoms with Gasteiger partial charge in [0.2, 0.25) is 0 Å². The molecule has 0 atom stereocenters. The molecule has 0 N–H and O–H groups in total. The Kier molecular flexibility index (Phi) is 2.15. The third kappa shape index (κ3) is 1.54.